The molecular weight excluding hydrogens is 357 g/mol. The second kappa shape index (κ2) is 6.59. The van der Waals surface area contributed by atoms with Crippen LogP contribution in [0.25, 0.3) is 22.5 Å². The largest absolute Gasteiger partial charge is 0.508 e. The molecule has 0 spiro atoms. The summed E-state index contributed by atoms with van der Waals surface area (Å²) in [7, 11) is 0. The number of hydrogen-bond donors (Lipinski definition) is 1. The van der Waals surface area contributed by atoms with Crippen LogP contribution in [0.3, 0.4) is 0 Å². The number of fused-ring (bicyclic) bond motifs is 3. The fraction of sp³-hybridized carbons (Fsp3) is 0.304. The molecule has 1 unspecified atom stereocenters. The van der Waals surface area contributed by atoms with Gasteiger partial charge in [0.15, 0.2) is 23.6 Å². The number of Topliss-reactive ketones (excluding diaryl/α,β-unsaturated/α-hetero) is 1. The van der Waals surface area contributed by atoms with E-state index in [2.05, 4.69) is 4.98 Å². The molecule has 1 saturated carbocycles. The number of rotatable bonds is 3. The summed E-state index contributed by atoms with van der Waals surface area (Å²) in [4.78, 5) is 16.6. The molecule has 0 saturated heterocycles. The zero-order chi connectivity index (χ0) is 19.3. The average Bonchev–Trinajstić information content (AvgIpc) is 3.37. The Hall–Kier alpha value is -2.95. The van der Waals surface area contributed by atoms with E-state index in [1.54, 1.807) is 24.3 Å². The lowest BCUT2D eigenvalue weighted by Crippen LogP contribution is -2.12. The minimum atomic E-state index is -0.384. The molecule has 142 valence electrons. The third-order valence-electron chi connectivity index (χ3n) is 5.87. The molecule has 0 aliphatic heterocycles. The molecule has 1 atom stereocenters. The highest BCUT2D eigenvalue weighted by molar-refractivity contribution is 6.00. The maximum atomic E-state index is 15.1. The monoisotopic (exact) mass is 377 g/mol. The highest BCUT2D eigenvalue weighted by atomic mass is 19.1. The first-order valence-corrected chi connectivity index (χ1v) is 9.70. The normalized spacial score (nSPS) is 18.9. The molecule has 0 radical (unpaired) electrons. The lowest BCUT2D eigenvalue weighted by molar-refractivity contribution is 0.0972. The van der Waals surface area contributed by atoms with Crippen molar-refractivity contribution < 1.29 is 18.7 Å². The number of nitrogens with zero attached hydrogens (tertiary/aromatic N) is 1. The van der Waals surface area contributed by atoms with Gasteiger partial charge >= 0.3 is 0 Å². The summed E-state index contributed by atoms with van der Waals surface area (Å²) in [6, 6.07) is 9.90. The zero-order valence-electron chi connectivity index (χ0n) is 15.3. The SMILES string of the molecule is O=C1CCC(CC2CC2)c2cc(-c3ccc(O)cc3)c(F)cc2-c2ocnc21. The zero-order valence-corrected chi connectivity index (χ0v) is 15.3. The van der Waals surface area contributed by atoms with Crippen molar-refractivity contribution in [2.45, 2.75) is 38.0 Å². The smallest absolute Gasteiger partial charge is 0.185 e. The number of halogens is 1. The Morgan fingerprint density at radius 1 is 1.11 bits per heavy atom. The molecule has 0 bridgehead atoms. The lowest BCUT2D eigenvalue weighted by Gasteiger charge is -2.23. The van der Waals surface area contributed by atoms with Crippen molar-refractivity contribution in [2.75, 3.05) is 0 Å². The standard InChI is InChI=1S/C23H20FNO3/c24-20-11-19-17(10-18(20)14-3-6-16(26)7-4-14)15(9-13-1-2-13)5-8-21(27)22-23(19)28-12-25-22/h3-4,6-7,10-13,15,26H,1-2,5,8-9H2. The van der Waals surface area contributed by atoms with Gasteiger partial charge in [0.25, 0.3) is 0 Å². The van der Waals surface area contributed by atoms with Crippen LogP contribution in [0.5, 0.6) is 5.75 Å². The summed E-state index contributed by atoms with van der Waals surface area (Å²) in [5, 5.41) is 9.55. The van der Waals surface area contributed by atoms with Crippen LogP contribution in [0, 0.1) is 11.7 Å². The van der Waals surface area contributed by atoms with Crippen LogP contribution in [0.15, 0.2) is 47.2 Å². The summed E-state index contributed by atoms with van der Waals surface area (Å²) in [5.41, 5.74) is 3.14. The Balaban J connectivity index is 1.70. The molecule has 3 aromatic rings. The molecule has 1 N–H and O–H groups in total. The molecule has 2 aliphatic carbocycles. The maximum absolute atomic E-state index is 15.1. The molecule has 5 heteroatoms. The van der Waals surface area contributed by atoms with E-state index in [4.69, 9.17) is 4.42 Å². The van der Waals surface area contributed by atoms with Gasteiger partial charge in [-0.25, -0.2) is 9.37 Å². The van der Waals surface area contributed by atoms with Gasteiger partial charge in [0.2, 0.25) is 0 Å². The van der Waals surface area contributed by atoms with Crippen LogP contribution in [0.1, 0.15) is 54.1 Å². The van der Waals surface area contributed by atoms with Crippen molar-refractivity contribution in [3.05, 3.63) is 59.9 Å². The van der Waals surface area contributed by atoms with E-state index in [0.29, 0.717) is 40.5 Å². The third-order valence-corrected chi connectivity index (χ3v) is 5.87. The number of carbonyl (C=O) groups is 1. The van der Waals surface area contributed by atoms with Gasteiger partial charge in [-0.05, 0) is 60.1 Å². The van der Waals surface area contributed by atoms with Gasteiger partial charge in [-0.1, -0.05) is 25.0 Å². The van der Waals surface area contributed by atoms with Gasteiger partial charge in [0.05, 0.1) is 0 Å². The van der Waals surface area contributed by atoms with Crippen LogP contribution in [-0.2, 0) is 0 Å². The fourth-order valence-electron chi connectivity index (χ4n) is 4.20. The molecular formula is C23H20FNO3. The third kappa shape index (κ3) is 3.01. The predicted molar refractivity (Wildman–Crippen MR) is 103 cm³/mol. The van der Waals surface area contributed by atoms with E-state index in [1.807, 2.05) is 6.07 Å². The lowest BCUT2D eigenvalue weighted by atomic mass is 9.81. The van der Waals surface area contributed by atoms with Crippen molar-refractivity contribution in [3.8, 4) is 28.2 Å². The fourth-order valence-corrected chi connectivity index (χ4v) is 4.20. The number of carbonyl (C=O) groups excluding carboxylic acids is 1. The van der Waals surface area contributed by atoms with Crippen LogP contribution < -0.4 is 0 Å². The first kappa shape index (κ1) is 17.2. The Morgan fingerprint density at radius 2 is 1.89 bits per heavy atom. The van der Waals surface area contributed by atoms with Crippen molar-refractivity contribution in [3.63, 3.8) is 0 Å². The minimum Gasteiger partial charge on any atom is -0.508 e. The Morgan fingerprint density at radius 3 is 2.64 bits per heavy atom. The van der Waals surface area contributed by atoms with Gasteiger partial charge in [-0.2, -0.15) is 0 Å². The summed E-state index contributed by atoms with van der Waals surface area (Å²) < 4.78 is 20.6. The number of aromatic nitrogens is 1. The van der Waals surface area contributed by atoms with Crippen LogP contribution in [-0.4, -0.2) is 15.9 Å². The van der Waals surface area contributed by atoms with E-state index in [1.165, 1.54) is 25.3 Å². The number of phenols is 1. The molecule has 2 aromatic carbocycles. The summed E-state index contributed by atoms with van der Waals surface area (Å²) in [5.74, 6) is 0.955. The number of oxazole rings is 1. The predicted octanol–water partition coefficient (Wildman–Crippen LogP) is 5.71. The summed E-state index contributed by atoms with van der Waals surface area (Å²) in [6.45, 7) is 0. The van der Waals surface area contributed by atoms with Gasteiger partial charge in [-0.3, -0.25) is 4.79 Å². The number of benzene rings is 2. The maximum Gasteiger partial charge on any atom is 0.185 e. The molecule has 1 heterocycles. The second-order valence-electron chi connectivity index (χ2n) is 7.83. The van der Waals surface area contributed by atoms with E-state index in [9.17, 15) is 9.90 Å². The average molecular weight is 377 g/mol. The van der Waals surface area contributed by atoms with Crippen molar-refractivity contribution in [1.29, 1.82) is 0 Å². The summed E-state index contributed by atoms with van der Waals surface area (Å²) in [6.07, 6.45) is 5.86. The van der Waals surface area contributed by atoms with E-state index >= 15 is 4.39 Å². The molecule has 28 heavy (non-hydrogen) atoms. The van der Waals surface area contributed by atoms with Crippen LogP contribution >= 0.6 is 0 Å². The van der Waals surface area contributed by atoms with Crippen molar-refractivity contribution in [2.24, 2.45) is 5.92 Å². The van der Waals surface area contributed by atoms with Gasteiger partial charge < -0.3 is 9.52 Å². The second-order valence-corrected chi connectivity index (χ2v) is 7.83. The quantitative estimate of drug-likeness (QED) is 0.635. The highest BCUT2D eigenvalue weighted by Crippen LogP contribution is 2.46. The Kier molecular flexibility index (Phi) is 4.04. The molecule has 1 fully saturated rings. The van der Waals surface area contributed by atoms with Crippen molar-refractivity contribution >= 4 is 5.78 Å². The molecule has 1 aromatic heterocycles. The Labute approximate surface area is 162 Å². The van der Waals surface area contributed by atoms with Gasteiger partial charge in [-0.15, -0.1) is 0 Å². The molecule has 0 amide bonds. The molecule has 4 nitrogen and oxygen atoms in total. The number of aromatic hydroxyl groups is 1. The van der Waals surface area contributed by atoms with Crippen molar-refractivity contribution in [1.82, 2.24) is 4.98 Å². The molecule has 5 rings (SSSR count). The van der Waals surface area contributed by atoms with E-state index in [-0.39, 0.29) is 23.3 Å². The number of ketones is 1. The topological polar surface area (TPSA) is 63.3 Å². The van der Waals surface area contributed by atoms with Gasteiger partial charge in [0.1, 0.15) is 11.6 Å². The van der Waals surface area contributed by atoms with E-state index < -0.39 is 0 Å². The van der Waals surface area contributed by atoms with Crippen LogP contribution in [0.2, 0.25) is 0 Å². The number of hydrogen-bond acceptors (Lipinski definition) is 4. The van der Waals surface area contributed by atoms with Gasteiger partial charge in [0, 0.05) is 17.5 Å². The first-order valence-electron chi connectivity index (χ1n) is 9.70. The van der Waals surface area contributed by atoms with Crippen LogP contribution in [0.4, 0.5) is 4.39 Å². The Bertz CT molecular complexity index is 1050. The summed E-state index contributed by atoms with van der Waals surface area (Å²) >= 11 is 0. The first-order chi connectivity index (χ1) is 13.6. The highest BCUT2D eigenvalue weighted by Gasteiger charge is 2.33. The number of phenolic OH excluding ortho intramolecular Hbond substituents is 1. The minimum absolute atomic E-state index is 0.0433. The molecule has 2 aliphatic rings. The van der Waals surface area contributed by atoms with E-state index in [0.717, 1.165) is 18.4 Å².